The molecule has 0 aromatic heterocycles. The van der Waals surface area contributed by atoms with Crippen LogP contribution in [0, 0.1) is 24.2 Å². The largest absolute Gasteiger partial charge is 0.391 e. The van der Waals surface area contributed by atoms with Gasteiger partial charge in [-0.1, -0.05) is 31.5 Å². The van der Waals surface area contributed by atoms with Gasteiger partial charge in [0.25, 0.3) is 0 Å². The van der Waals surface area contributed by atoms with Gasteiger partial charge in [-0.3, -0.25) is 0 Å². The Morgan fingerprint density at radius 2 is 1.81 bits per heavy atom. The van der Waals surface area contributed by atoms with Gasteiger partial charge in [-0.2, -0.15) is 0 Å². The Labute approximate surface area is 126 Å². The van der Waals surface area contributed by atoms with E-state index >= 15 is 0 Å². The van der Waals surface area contributed by atoms with Crippen LogP contribution in [0.1, 0.15) is 32.3 Å². The molecule has 0 amide bonds. The molecule has 21 heavy (non-hydrogen) atoms. The Morgan fingerprint density at radius 3 is 2.33 bits per heavy atom. The summed E-state index contributed by atoms with van der Waals surface area (Å²) in [4.78, 5) is 0.263. The molecule has 0 unspecified atom stereocenters. The van der Waals surface area contributed by atoms with Gasteiger partial charge in [0.05, 0.1) is 11.0 Å². The lowest BCUT2D eigenvalue weighted by atomic mass is 9.47. The van der Waals surface area contributed by atoms with Gasteiger partial charge in [-0.15, -0.1) is 0 Å². The predicted molar refractivity (Wildman–Crippen MR) is 81.3 cm³/mol. The van der Waals surface area contributed by atoms with Crippen molar-refractivity contribution in [2.75, 3.05) is 0 Å². The van der Waals surface area contributed by atoms with Crippen LogP contribution in [0.4, 0.5) is 0 Å². The van der Waals surface area contributed by atoms with Gasteiger partial charge in [-0.25, -0.2) is 13.1 Å². The standard InChI is InChI=1S/C16H23NO3S/c1-10-4-6-12(7-5-10)21(19,20)17-14-9-11-8-13(15(14)18)16(11,2)3/h4-7,11,13-15,17-18H,8-9H2,1-3H3/t11-,13+,14-,15+/m1/s1. The molecule has 116 valence electrons. The SMILES string of the molecule is Cc1ccc(S(=O)(=O)N[C@@H]2C[C@H]3C[C@@H]([C@@H]2O)C3(C)C)cc1. The van der Waals surface area contributed by atoms with Crippen molar-refractivity contribution in [3.8, 4) is 0 Å². The van der Waals surface area contributed by atoms with Crippen molar-refractivity contribution >= 4 is 10.0 Å². The lowest BCUT2D eigenvalue weighted by Gasteiger charge is -2.61. The van der Waals surface area contributed by atoms with Crippen molar-refractivity contribution in [1.29, 1.82) is 0 Å². The molecule has 2 N–H and O–H groups in total. The van der Waals surface area contributed by atoms with Gasteiger partial charge >= 0.3 is 0 Å². The molecule has 4 rings (SSSR count). The maximum absolute atomic E-state index is 12.4. The van der Waals surface area contributed by atoms with E-state index in [1.807, 2.05) is 6.92 Å². The molecule has 1 aromatic carbocycles. The van der Waals surface area contributed by atoms with E-state index in [-0.39, 0.29) is 22.3 Å². The molecule has 0 heterocycles. The molecule has 3 fully saturated rings. The van der Waals surface area contributed by atoms with Crippen LogP contribution in [0.2, 0.25) is 0 Å². The van der Waals surface area contributed by atoms with E-state index < -0.39 is 16.1 Å². The fourth-order valence-corrected chi connectivity index (χ4v) is 5.13. The predicted octanol–water partition coefficient (Wildman–Crippen LogP) is 2.07. The molecule has 4 nitrogen and oxygen atoms in total. The Balaban J connectivity index is 1.77. The van der Waals surface area contributed by atoms with Crippen LogP contribution in [0.15, 0.2) is 29.2 Å². The highest BCUT2D eigenvalue weighted by atomic mass is 32.2. The molecule has 3 aliphatic rings. The molecule has 0 aliphatic heterocycles. The number of benzene rings is 1. The molecule has 5 heteroatoms. The molecule has 3 saturated carbocycles. The van der Waals surface area contributed by atoms with Crippen LogP contribution in [-0.2, 0) is 10.0 Å². The summed E-state index contributed by atoms with van der Waals surface area (Å²) in [5.41, 5.74) is 1.15. The Bertz CT molecular complexity index is 636. The summed E-state index contributed by atoms with van der Waals surface area (Å²) < 4.78 is 27.5. The molecule has 2 bridgehead atoms. The normalized spacial score (nSPS) is 34.3. The number of rotatable bonds is 3. The Kier molecular flexibility index (Phi) is 3.43. The summed E-state index contributed by atoms with van der Waals surface area (Å²) in [7, 11) is -3.56. The highest BCUT2D eigenvalue weighted by Gasteiger charge is 2.57. The van der Waals surface area contributed by atoms with Crippen molar-refractivity contribution in [3.63, 3.8) is 0 Å². The quantitative estimate of drug-likeness (QED) is 0.898. The smallest absolute Gasteiger partial charge is 0.240 e. The van der Waals surface area contributed by atoms with Gasteiger partial charge in [0, 0.05) is 6.04 Å². The van der Waals surface area contributed by atoms with Gasteiger partial charge < -0.3 is 5.11 Å². The Hall–Kier alpha value is -0.910. The van der Waals surface area contributed by atoms with E-state index in [1.165, 1.54) is 0 Å². The zero-order valence-corrected chi connectivity index (χ0v) is 13.5. The number of hydrogen-bond acceptors (Lipinski definition) is 3. The van der Waals surface area contributed by atoms with E-state index in [4.69, 9.17) is 0 Å². The average molecular weight is 309 g/mol. The maximum Gasteiger partial charge on any atom is 0.240 e. The van der Waals surface area contributed by atoms with Crippen molar-refractivity contribution < 1.29 is 13.5 Å². The first kappa shape index (κ1) is 15.0. The fraction of sp³-hybridized carbons (Fsp3) is 0.625. The van der Waals surface area contributed by atoms with Gasteiger partial charge in [0.1, 0.15) is 0 Å². The molecular weight excluding hydrogens is 286 g/mol. The molecule has 0 saturated heterocycles. The summed E-state index contributed by atoms with van der Waals surface area (Å²) in [6.07, 6.45) is 1.14. The second-order valence-corrected chi connectivity index (χ2v) is 8.84. The second-order valence-electron chi connectivity index (χ2n) is 7.13. The van der Waals surface area contributed by atoms with Crippen LogP contribution in [0.5, 0.6) is 0 Å². The first-order chi connectivity index (χ1) is 9.72. The summed E-state index contributed by atoms with van der Waals surface area (Å²) in [6.45, 7) is 6.25. The van der Waals surface area contributed by atoms with Crippen LogP contribution in [0.25, 0.3) is 0 Å². The summed E-state index contributed by atoms with van der Waals surface area (Å²) in [5, 5.41) is 10.4. The highest BCUT2D eigenvalue weighted by Crippen LogP contribution is 2.59. The number of aryl methyl sites for hydroxylation is 1. The number of aliphatic hydroxyl groups excluding tert-OH is 1. The van der Waals surface area contributed by atoms with E-state index in [0.29, 0.717) is 5.92 Å². The van der Waals surface area contributed by atoms with E-state index in [0.717, 1.165) is 18.4 Å². The molecule has 0 spiro atoms. The highest BCUT2D eigenvalue weighted by molar-refractivity contribution is 7.89. The molecule has 4 atom stereocenters. The lowest BCUT2D eigenvalue weighted by molar-refractivity contribution is -0.152. The van der Waals surface area contributed by atoms with Crippen molar-refractivity contribution in [3.05, 3.63) is 29.8 Å². The number of sulfonamides is 1. The van der Waals surface area contributed by atoms with Gasteiger partial charge in [0.2, 0.25) is 10.0 Å². The van der Waals surface area contributed by atoms with Crippen LogP contribution < -0.4 is 4.72 Å². The minimum Gasteiger partial charge on any atom is -0.391 e. The van der Waals surface area contributed by atoms with Crippen LogP contribution in [-0.4, -0.2) is 25.7 Å². The fourth-order valence-electron chi connectivity index (χ4n) is 3.86. The third kappa shape index (κ3) is 2.41. The van der Waals surface area contributed by atoms with Crippen LogP contribution in [0.3, 0.4) is 0 Å². The summed E-state index contributed by atoms with van der Waals surface area (Å²) in [6, 6.07) is 6.42. The number of hydrogen-bond donors (Lipinski definition) is 2. The zero-order chi connectivity index (χ0) is 15.4. The number of fused-ring (bicyclic) bond motifs is 2. The van der Waals surface area contributed by atoms with Crippen LogP contribution >= 0.6 is 0 Å². The van der Waals surface area contributed by atoms with E-state index in [9.17, 15) is 13.5 Å². The second kappa shape index (κ2) is 4.80. The van der Waals surface area contributed by atoms with E-state index in [2.05, 4.69) is 18.6 Å². The number of aliphatic hydroxyl groups is 1. The maximum atomic E-state index is 12.4. The third-order valence-electron chi connectivity index (χ3n) is 5.55. The molecule has 0 radical (unpaired) electrons. The number of nitrogens with one attached hydrogen (secondary N) is 1. The monoisotopic (exact) mass is 309 g/mol. The minimum absolute atomic E-state index is 0.130. The van der Waals surface area contributed by atoms with Crippen molar-refractivity contribution in [2.24, 2.45) is 17.3 Å². The van der Waals surface area contributed by atoms with Crippen molar-refractivity contribution in [1.82, 2.24) is 4.72 Å². The first-order valence-electron chi connectivity index (χ1n) is 7.49. The van der Waals surface area contributed by atoms with Crippen molar-refractivity contribution in [2.45, 2.75) is 50.7 Å². The first-order valence-corrected chi connectivity index (χ1v) is 8.97. The molecule has 3 aliphatic carbocycles. The topological polar surface area (TPSA) is 66.4 Å². The molecular formula is C16H23NO3S. The Morgan fingerprint density at radius 1 is 1.19 bits per heavy atom. The molecule has 1 aromatic rings. The van der Waals surface area contributed by atoms with Gasteiger partial charge in [0.15, 0.2) is 0 Å². The van der Waals surface area contributed by atoms with E-state index in [1.54, 1.807) is 24.3 Å². The third-order valence-corrected chi connectivity index (χ3v) is 7.05. The lowest BCUT2D eigenvalue weighted by Crippen LogP contribution is -2.64. The average Bonchev–Trinajstić information content (AvgIpc) is 2.40. The van der Waals surface area contributed by atoms with Gasteiger partial charge in [-0.05, 0) is 49.1 Å². The zero-order valence-electron chi connectivity index (χ0n) is 12.7. The summed E-state index contributed by atoms with van der Waals surface area (Å²) in [5.74, 6) is 0.693. The summed E-state index contributed by atoms with van der Waals surface area (Å²) >= 11 is 0. The minimum atomic E-state index is -3.56.